The molecular weight excluding hydrogens is 453 g/mol. The van der Waals surface area contributed by atoms with Gasteiger partial charge in [0.1, 0.15) is 11.5 Å². The molecule has 35 heavy (non-hydrogen) atoms. The summed E-state index contributed by atoms with van der Waals surface area (Å²) in [4.78, 5) is 21.5. The van der Waals surface area contributed by atoms with Crippen LogP contribution in [0.4, 0.5) is 19.0 Å². The summed E-state index contributed by atoms with van der Waals surface area (Å²) in [6.45, 7) is 2.75. The van der Waals surface area contributed by atoms with E-state index in [0.29, 0.717) is 50.7 Å². The maximum absolute atomic E-state index is 13.7. The summed E-state index contributed by atoms with van der Waals surface area (Å²) in [5, 5.41) is 1.01. The molecule has 3 heterocycles. The van der Waals surface area contributed by atoms with E-state index in [0.717, 1.165) is 28.7 Å². The van der Waals surface area contributed by atoms with Crippen LogP contribution in [0.3, 0.4) is 0 Å². The third-order valence-electron chi connectivity index (χ3n) is 6.40. The highest BCUT2D eigenvalue weighted by atomic mass is 19.4. The van der Waals surface area contributed by atoms with Gasteiger partial charge in [0.25, 0.3) is 5.91 Å². The molecule has 1 saturated heterocycles. The second-order valence-corrected chi connectivity index (χ2v) is 8.70. The molecular formula is C27H25F3N4O. The normalized spacial score (nSPS) is 14.8. The van der Waals surface area contributed by atoms with E-state index in [2.05, 4.69) is 9.55 Å². The topological polar surface area (TPSA) is 41.4 Å². The highest BCUT2D eigenvalue weighted by Gasteiger charge is 2.31. The first-order valence-corrected chi connectivity index (χ1v) is 11.6. The van der Waals surface area contributed by atoms with Crippen molar-refractivity contribution in [2.24, 2.45) is 0 Å². The van der Waals surface area contributed by atoms with Crippen LogP contribution in [0.1, 0.15) is 28.0 Å². The maximum Gasteiger partial charge on any atom is 0.417 e. The molecule has 8 heteroatoms. The summed E-state index contributed by atoms with van der Waals surface area (Å²) in [6.07, 6.45) is -2.84. The van der Waals surface area contributed by atoms with Crippen molar-refractivity contribution in [1.29, 1.82) is 0 Å². The predicted octanol–water partition coefficient (Wildman–Crippen LogP) is 5.46. The van der Waals surface area contributed by atoms with Gasteiger partial charge in [0.15, 0.2) is 0 Å². The molecule has 0 radical (unpaired) electrons. The van der Waals surface area contributed by atoms with Gasteiger partial charge in [-0.15, -0.1) is 0 Å². The molecule has 0 atom stereocenters. The molecule has 4 aromatic rings. The minimum absolute atomic E-state index is 0.0423. The molecule has 1 amide bonds. The van der Waals surface area contributed by atoms with Crippen molar-refractivity contribution in [1.82, 2.24) is 14.5 Å². The number of carbonyl (C=O) groups excluding carboxylic acids is 1. The number of rotatable bonds is 4. The minimum atomic E-state index is -4.41. The molecule has 0 N–H and O–H groups in total. The van der Waals surface area contributed by atoms with Crippen LogP contribution in [0.5, 0.6) is 0 Å². The second-order valence-electron chi connectivity index (χ2n) is 8.70. The lowest BCUT2D eigenvalue weighted by Gasteiger charge is -2.23. The fourth-order valence-electron chi connectivity index (χ4n) is 4.58. The minimum Gasteiger partial charge on any atom is -0.355 e. The van der Waals surface area contributed by atoms with Gasteiger partial charge < -0.3 is 14.4 Å². The summed E-state index contributed by atoms with van der Waals surface area (Å²) < 4.78 is 40.7. The van der Waals surface area contributed by atoms with E-state index in [1.54, 1.807) is 0 Å². The largest absolute Gasteiger partial charge is 0.417 e. The number of fused-ring (bicyclic) bond motifs is 1. The number of carbonyl (C=O) groups is 1. The summed E-state index contributed by atoms with van der Waals surface area (Å²) >= 11 is 0. The predicted molar refractivity (Wildman–Crippen MR) is 129 cm³/mol. The van der Waals surface area contributed by atoms with E-state index in [4.69, 9.17) is 0 Å². The van der Waals surface area contributed by atoms with E-state index in [9.17, 15) is 18.0 Å². The third kappa shape index (κ3) is 4.87. The van der Waals surface area contributed by atoms with Crippen LogP contribution < -0.4 is 4.90 Å². The molecule has 5 nitrogen and oxygen atoms in total. The van der Waals surface area contributed by atoms with Gasteiger partial charge in [0, 0.05) is 49.8 Å². The Kier molecular flexibility index (Phi) is 6.19. The highest BCUT2D eigenvalue weighted by molar-refractivity contribution is 5.99. The van der Waals surface area contributed by atoms with Crippen LogP contribution in [-0.4, -0.2) is 46.5 Å². The van der Waals surface area contributed by atoms with Gasteiger partial charge in [-0.3, -0.25) is 4.79 Å². The molecule has 2 aromatic heterocycles. The SMILES string of the molecule is O=C(c1cc2ccccc2n1Cc1ccccc1)N1CCCN(c2ccc(C(F)(F)F)cn2)CC1. The summed E-state index contributed by atoms with van der Waals surface area (Å²) in [6, 6.07) is 22.4. The van der Waals surface area contributed by atoms with Crippen LogP contribution in [0, 0.1) is 0 Å². The Labute approximate surface area is 201 Å². The first kappa shape index (κ1) is 23.0. The lowest BCUT2D eigenvalue weighted by atomic mass is 10.2. The Morgan fingerprint density at radius 1 is 0.886 bits per heavy atom. The van der Waals surface area contributed by atoms with E-state index < -0.39 is 11.7 Å². The van der Waals surface area contributed by atoms with Crippen molar-refractivity contribution in [3.05, 3.63) is 95.8 Å². The standard InChI is InChI=1S/C27H25F3N4O/c28-27(29,30)22-11-12-25(31-18-22)32-13-6-14-33(16-15-32)26(35)24-17-21-9-4-5-10-23(21)34(24)19-20-7-2-1-3-8-20/h1-5,7-12,17-18H,6,13-16,19H2. The first-order chi connectivity index (χ1) is 16.9. The summed E-state index contributed by atoms with van der Waals surface area (Å²) in [5.74, 6) is 0.449. The van der Waals surface area contributed by atoms with Crippen LogP contribution in [-0.2, 0) is 12.7 Å². The smallest absolute Gasteiger partial charge is 0.355 e. The molecule has 0 bridgehead atoms. The molecule has 1 fully saturated rings. The van der Waals surface area contributed by atoms with Crippen molar-refractivity contribution in [2.75, 3.05) is 31.1 Å². The number of alkyl halides is 3. The molecule has 0 aliphatic carbocycles. The molecule has 0 unspecified atom stereocenters. The average molecular weight is 479 g/mol. The highest BCUT2D eigenvalue weighted by Crippen LogP contribution is 2.29. The van der Waals surface area contributed by atoms with Crippen LogP contribution in [0.15, 0.2) is 79.0 Å². The van der Waals surface area contributed by atoms with Gasteiger partial charge in [-0.25, -0.2) is 4.98 Å². The van der Waals surface area contributed by atoms with Crippen LogP contribution in [0.2, 0.25) is 0 Å². The van der Waals surface area contributed by atoms with E-state index in [-0.39, 0.29) is 5.91 Å². The Hall–Kier alpha value is -3.81. The van der Waals surface area contributed by atoms with Crippen molar-refractivity contribution in [2.45, 2.75) is 19.1 Å². The van der Waals surface area contributed by atoms with Gasteiger partial charge in [0.05, 0.1) is 5.56 Å². The zero-order valence-corrected chi connectivity index (χ0v) is 19.1. The quantitative estimate of drug-likeness (QED) is 0.391. The molecule has 5 rings (SSSR count). The molecule has 2 aromatic carbocycles. The van der Waals surface area contributed by atoms with Crippen LogP contribution in [0.25, 0.3) is 10.9 Å². The number of amides is 1. The number of nitrogens with zero attached hydrogens (tertiary/aromatic N) is 4. The van der Waals surface area contributed by atoms with Crippen LogP contribution >= 0.6 is 0 Å². The number of benzene rings is 2. The first-order valence-electron chi connectivity index (χ1n) is 11.6. The maximum atomic E-state index is 13.7. The van der Waals surface area contributed by atoms with Crippen molar-refractivity contribution >= 4 is 22.6 Å². The Bertz CT molecular complexity index is 1320. The number of pyridine rings is 1. The Morgan fingerprint density at radius 3 is 2.40 bits per heavy atom. The molecule has 0 saturated carbocycles. The zero-order valence-electron chi connectivity index (χ0n) is 19.1. The van der Waals surface area contributed by atoms with Crippen molar-refractivity contribution in [3.8, 4) is 0 Å². The Balaban J connectivity index is 1.36. The molecule has 1 aliphatic rings. The van der Waals surface area contributed by atoms with Crippen molar-refractivity contribution < 1.29 is 18.0 Å². The van der Waals surface area contributed by atoms with E-state index >= 15 is 0 Å². The van der Waals surface area contributed by atoms with Gasteiger partial charge in [-0.2, -0.15) is 13.2 Å². The monoisotopic (exact) mass is 478 g/mol. The summed E-state index contributed by atoms with van der Waals surface area (Å²) in [7, 11) is 0. The van der Waals surface area contributed by atoms with Gasteiger partial charge in [-0.1, -0.05) is 48.5 Å². The fourth-order valence-corrected chi connectivity index (χ4v) is 4.58. The number of aromatic nitrogens is 2. The number of hydrogen-bond donors (Lipinski definition) is 0. The number of para-hydroxylation sites is 1. The molecule has 0 spiro atoms. The number of hydrogen-bond acceptors (Lipinski definition) is 3. The third-order valence-corrected chi connectivity index (χ3v) is 6.40. The molecule has 180 valence electrons. The van der Waals surface area contributed by atoms with E-state index in [1.165, 1.54) is 6.07 Å². The van der Waals surface area contributed by atoms with Gasteiger partial charge in [0.2, 0.25) is 0 Å². The fraction of sp³-hybridized carbons (Fsp3) is 0.259. The van der Waals surface area contributed by atoms with Gasteiger partial charge in [-0.05, 0) is 36.2 Å². The van der Waals surface area contributed by atoms with Crippen molar-refractivity contribution in [3.63, 3.8) is 0 Å². The lowest BCUT2D eigenvalue weighted by Crippen LogP contribution is -2.36. The number of anilines is 1. The van der Waals surface area contributed by atoms with E-state index in [1.807, 2.05) is 70.5 Å². The Morgan fingerprint density at radius 2 is 1.66 bits per heavy atom. The summed E-state index contributed by atoms with van der Waals surface area (Å²) in [5.41, 5.74) is 1.98. The van der Waals surface area contributed by atoms with Gasteiger partial charge >= 0.3 is 6.18 Å². The molecule has 1 aliphatic heterocycles. The average Bonchev–Trinajstić information content (AvgIpc) is 3.04. The second kappa shape index (κ2) is 9.44. The zero-order chi connectivity index (χ0) is 24.4. The lowest BCUT2D eigenvalue weighted by molar-refractivity contribution is -0.137. The number of halogens is 3.